The number of rotatable bonds is 30. The molecule has 75 heavy (non-hydrogen) atoms. The van der Waals surface area contributed by atoms with E-state index in [1.54, 1.807) is 0 Å². The number of likely N-dealkylation sites (N-methyl/N-ethyl adjacent to an activating group) is 1. The number of anilines is 4. The van der Waals surface area contributed by atoms with Crippen molar-refractivity contribution in [2.24, 2.45) is 5.11 Å². The number of nitrogens with one attached hydrogen (secondary N) is 5. The van der Waals surface area contributed by atoms with Crippen molar-refractivity contribution in [2.75, 3.05) is 105 Å². The number of aliphatic hydroxyl groups excluding tert-OH is 3. The van der Waals surface area contributed by atoms with Gasteiger partial charge in [0.25, 0.3) is 11.1 Å². The number of methoxy groups -OCH3 is 1. The number of fused-ring (bicyclic) bond motifs is 1. The molecule has 0 bridgehead atoms. The molecule has 2 saturated heterocycles. The molecule has 2 aliphatic heterocycles. The predicted octanol–water partition coefficient (Wildman–Crippen LogP) is 1.07. The molecule has 5 heterocycles. The highest BCUT2D eigenvalue weighted by molar-refractivity contribution is 7.71. The van der Waals surface area contributed by atoms with Crippen molar-refractivity contribution in [1.82, 2.24) is 39.5 Å². The fourth-order valence-corrected chi connectivity index (χ4v) is 14.9. The zero-order chi connectivity index (χ0) is 55.8. The Morgan fingerprint density at radius 2 is 1.47 bits per heavy atom. The molecule has 9 unspecified atom stereocenters. The van der Waals surface area contributed by atoms with Gasteiger partial charge in [-0.25, -0.2) is 38.2 Å². The van der Waals surface area contributed by atoms with Crippen LogP contribution in [0.5, 0.6) is 0 Å². The molecular formula is C33H57N14O23P5. The van der Waals surface area contributed by atoms with Gasteiger partial charge < -0.3 is 60.6 Å². The second-order valence-electron chi connectivity index (χ2n) is 15.1. The number of aliphatic hydroxyl groups is 3. The van der Waals surface area contributed by atoms with Crippen LogP contribution in [0.1, 0.15) is 6.23 Å². The lowest BCUT2D eigenvalue weighted by molar-refractivity contribution is -0.0507. The van der Waals surface area contributed by atoms with Crippen LogP contribution < -0.4 is 37.9 Å². The standard InChI is InChI=1S/C33H57N14O23P5/c1-10-46(26-20(37-2)28(51)42-32(34)40-26)31-25(58-4)23(49)18(67-31)15-65-74(56,62-8)70-75(57,63-9)68-71(53,59-5)19(44-36)13-45(3)12-11-39-72(54,60-6)69-73(55,61-7)64-14-17-22(48)24(50)30(66-17)47-16-38-21-27(47)41-33(35)43-29(21)52/h10,13,16-18,22-25,30-31,36-37,48-50H,1,11-12,14-15H2,2-9H3,(H,39,54)(H3,34,40,42,51)(H3,35,41,43,52)/b19-13+,44-36?/t17-,18-,22?,23?,24?,25?,30-,31-,71?,72?,73?,74?,75?/m1/s1. The molecule has 42 heteroatoms. The third-order valence-electron chi connectivity index (χ3n) is 10.6. The Morgan fingerprint density at radius 1 is 0.867 bits per heavy atom. The fraction of sp³-hybridized carbons (Fsp3) is 0.606. The summed E-state index contributed by atoms with van der Waals surface area (Å²) < 4.78 is 137. The van der Waals surface area contributed by atoms with Crippen molar-refractivity contribution in [2.45, 2.75) is 49.1 Å². The van der Waals surface area contributed by atoms with E-state index >= 15 is 0 Å². The number of nitrogens with zero attached hydrogens (tertiary/aromatic N) is 7. The Balaban J connectivity index is 1.20. The van der Waals surface area contributed by atoms with Crippen LogP contribution in [0.2, 0.25) is 0 Å². The molecular weight excluding hydrogens is 1120 g/mol. The summed E-state index contributed by atoms with van der Waals surface area (Å²) in [6, 6.07) is 0. The molecule has 0 amide bonds. The summed E-state index contributed by atoms with van der Waals surface area (Å²) in [5, 5.41) is 40.9. The smallest absolute Gasteiger partial charge is 0.387 e. The minimum absolute atomic E-state index is 0.0640. The molecule has 0 radical (unpaired) electrons. The Morgan fingerprint density at radius 3 is 2.03 bits per heavy atom. The lowest BCUT2D eigenvalue weighted by Gasteiger charge is -2.30. The van der Waals surface area contributed by atoms with E-state index in [1.165, 1.54) is 32.3 Å². The Bertz CT molecular complexity index is 2910. The number of H-pyrrole nitrogens is 2. The number of hydrogen-bond acceptors (Lipinski definition) is 33. The molecule has 13 atom stereocenters. The van der Waals surface area contributed by atoms with Gasteiger partial charge in [-0.05, 0) is 0 Å². The molecule has 0 spiro atoms. The van der Waals surface area contributed by atoms with Gasteiger partial charge in [-0.15, -0.1) is 5.11 Å². The van der Waals surface area contributed by atoms with Gasteiger partial charge in [0, 0.05) is 82.2 Å². The van der Waals surface area contributed by atoms with Crippen molar-refractivity contribution in [3.8, 4) is 0 Å². The van der Waals surface area contributed by atoms with Gasteiger partial charge >= 0.3 is 38.8 Å². The fourth-order valence-electron chi connectivity index (χ4n) is 6.86. The molecule has 3 aromatic heterocycles. The van der Waals surface area contributed by atoms with Crippen molar-refractivity contribution < 1.29 is 97.0 Å². The lowest BCUT2D eigenvalue weighted by Crippen LogP contribution is -2.44. The maximum absolute atomic E-state index is 14.0. The molecule has 2 fully saturated rings. The zero-order valence-corrected chi connectivity index (χ0v) is 45.4. The summed E-state index contributed by atoms with van der Waals surface area (Å²) >= 11 is 0. The third kappa shape index (κ3) is 14.1. The van der Waals surface area contributed by atoms with Gasteiger partial charge in [0.05, 0.1) is 19.5 Å². The second-order valence-corrected chi connectivity index (χ2v) is 24.9. The topological polar surface area (TPSA) is 494 Å². The SMILES string of the molecule is C=CN(c1nc(N)[nH]c(=O)c1NC)[C@@H]1O[C@H](COP(=O)(OC)OP(=O)(OC)OP(=O)(OC)/C(=C/N(C)CCNP(=O)(OC)OP(=O)(OC)OC[C@H]2O[C@@H](n3cnc4c(=O)[nH]c(N)nc43)C(O)C2O)N=N)C(O)C1OC. The first-order valence-corrected chi connectivity index (χ1v) is 28.6. The van der Waals surface area contributed by atoms with Crippen LogP contribution in [-0.2, 0) is 81.6 Å². The van der Waals surface area contributed by atoms with Gasteiger partial charge in [-0.2, -0.15) is 18.6 Å². The number of nitrogens with two attached hydrogens (primary N) is 2. The number of imidazole rings is 1. The minimum Gasteiger partial charge on any atom is -0.387 e. The molecule has 0 aromatic carbocycles. The number of hydrogen-bond donors (Lipinski definition) is 10. The Labute approximate surface area is 424 Å². The van der Waals surface area contributed by atoms with Gasteiger partial charge in [0.2, 0.25) is 11.9 Å². The van der Waals surface area contributed by atoms with Crippen LogP contribution in [0.3, 0.4) is 0 Å². The molecule has 422 valence electrons. The van der Waals surface area contributed by atoms with Crippen molar-refractivity contribution in [1.29, 1.82) is 5.53 Å². The highest BCUT2D eigenvalue weighted by Gasteiger charge is 2.52. The van der Waals surface area contributed by atoms with Gasteiger partial charge in [0.15, 0.2) is 34.9 Å². The third-order valence-corrected chi connectivity index (χ3v) is 20.1. The normalized spacial score (nSPS) is 26.1. The predicted molar refractivity (Wildman–Crippen MR) is 258 cm³/mol. The van der Waals surface area contributed by atoms with Gasteiger partial charge in [0.1, 0.15) is 42.3 Å². The molecule has 12 N–H and O–H groups in total. The molecule has 0 aliphatic carbocycles. The molecule has 5 rings (SSSR count). The minimum atomic E-state index is -5.39. The number of aromatic nitrogens is 6. The van der Waals surface area contributed by atoms with E-state index in [0.29, 0.717) is 0 Å². The first kappa shape index (κ1) is 61.6. The average Bonchev–Trinajstić information content (AvgIpc) is 4.03. The van der Waals surface area contributed by atoms with E-state index in [4.69, 9.17) is 75.8 Å². The summed E-state index contributed by atoms with van der Waals surface area (Å²) in [6.45, 7) is 1.44. The van der Waals surface area contributed by atoms with Crippen molar-refractivity contribution in [3.63, 3.8) is 0 Å². The summed E-state index contributed by atoms with van der Waals surface area (Å²) in [4.78, 5) is 43.9. The van der Waals surface area contributed by atoms with Crippen LogP contribution in [0.4, 0.5) is 23.4 Å². The zero-order valence-electron chi connectivity index (χ0n) is 40.9. The van der Waals surface area contributed by atoms with Gasteiger partial charge in [-0.1, -0.05) is 6.58 Å². The summed E-state index contributed by atoms with van der Waals surface area (Å²) in [7, 11) is -17.0. The Hall–Kier alpha value is -4.22. The summed E-state index contributed by atoms with van der Waals surface area (Å²) in [6.07, 6.45) is -8.46. The summed E-state index contributed by atoms with van der Waals surface area (Å²) in [5.41, 5.74) is 16.6. The quantitative estimate of drug-likeness (QED) is 0.0330. The second kappa shape index (κ2) is 25.5. The van der Waals surface area contributed by atoms with Crippen LogP contribution >= 0.6 is 38.8 Å². The highest BCUT2D eigenvalue weighted by Crippen LogP contribution is 2.74. The first-order chi connectivity index (χ1) is 35.3. The number of phosphoric acid groups is 3. The molecule has 37 nitrogen and oxygen atoms in total. The van der Waals surface area contributed by atoms with E-state index in [1.807, 2.05) is 0 Å². The number of nitrogen functional groups attached to an aromatic ring is 2. The van der Waals surface area contributed by atoms with Crippen LogP contribution in [0.15, 0.2) is 45.4 Å². The number of aromatic amines is 2. The maximum atomic E-state index is 14.0. The monoisotopic (exact) mass is 1170 g/mol. The van der Waals surface area contributed by atoms with Crippen LogP contribution in [-0.4, -0.2) is 176 Å². The largest absolute Gasteiger partial charge is 0.491 e. The lowest BCUT2D eigenvalue weighted by atomic mass is 10.1. The molecule has 0 saturated carbocycles. The van der Waals surface area contributed by atoms with Crippen LogP contribution in [0, 0.1) is 5.53 Å². The van der Waals surface area contributed by atoms with E-state index in [-0.39, 0.29) is 47.7 Å². The molecule has 2 aliphatic rings. The summed E-state index contributed by atoms with van der Waals surface area (Å²) in [5.74, 6) is -0.620. The van der Waals surface area contributed by atoms with E-state index in [9.17, 15) is 47.7 Å². The van der Waals surface area contributed by atoms with Crippen LogP contribution in [0.25, 0.3) is 11.2 Å². The van der Waals surface area contributed by atoms with Gasteiger partial charge in [-0.3, -0.25) is 55.8 Å². The van der Waals surface area contributed by atoms with Crippen molar-refractivity contribution >= 4 is 73.4 Å². The first-order valence-electron chi connectivity index (χ1n) is 21.1. The van der Waals surface area contributed by atoms with E-state index in [2.05, 4.69) is 47.0 Å². The maximum Gasteiger partial charge on any atom is 0.491 e. The number of ether oxygens (including phenoxy) is 3. The molecule has 3 aromatic rings. The van der Waals surface area contributed by atoms with E-state index in [0.717, 1.165) is 57.5 Å². The van der Waals surface area contributed by atoms with E-state index < -0.39 is 118 Å². The average molecular weight is 1170 g/mol. The number of phosphoric ester groups is 2. The highest BCUT2D eigenvalue weighted by atomic mass is 31.3. The Kier molecular flexibility index (Phi) is 21.0. The van der Waals surface area contributed by atoms with Crippen molar-refractivity contribution in [3.05, 3.63) is 51.5 Å².